The molecular formula is C23H28N4O6. The van der Waals surface area contributed by atoms with Crippen LogP contribution < -0.4 is 0 Å². The first-order valence-corrected chi connectivity index (χ1v) is 11.3. The second-order valence-corrected chi connectivity index (χ2v) is 8.77. The number of aliphatic hydroxyl groups excluding tert-OH is 1. The van der Waals surface area contributed by atoms with Crippen LogP contribution in [-0.4, -0.2) is 56.6 Å². The van der Waals surface area contributed by atoms with E-state index in [4.69, 9.17) is 14.2 Å². The van der Waals surface area contributed by atoms with Crippen molar-refractivity contribution in [3.05, 3.63) is 29.8 Å². The lowest BCUT2D eigenvalue weighted by atomic mass is 9.87. The van der Waals surface area contributed by atoms with Gasteiger partial charge in [0.25, 0.3) is 0 Å². The number of esters is 2. The molecule has 0 radical (unpaired) electrons. The molecule has 2 fully saturated rings. The van der Waals surface area contributed by atoms with E-state index in [9.17, 15) is 20.0 Å². The fourth-order valence-corrected chi connectivity index (χ4v) is 4.83. The normalized spacial score (nSPS) is 27.9. The fraction of sp³-hybridized carbons (Fsp3) is 0.609. The van der Waals surface area contributed by atoms with Crippen LogP contribution in [0.3, 0.4) is 0 Å². The summed E-state index contributed by atoms with van der Waals surface area (Å²) in [5.41, 5.74) is -0.287. The summed E-state index contributed by atoms with van der Waals surface area (Å²) in [4.78, 5) is 28.3. The topological polar surface area (TPSA) is 136 Å². The highest BCUT2D eigenvalue weighted by molar-refractivity contribution is 5.69. The summed E-state index contributed by atoms with van der Waals surface area (Å²) in [5, 5.41) is 25.4. The molecule has 2 aliphatic rings. The molecular weight excluding hydrogens is 428 g/mol. The summed E-state index contributed by atoms with van der Waals surface area (Å²) in [5.74, 6) is -0.709. The van der Waals surface area contributed by atoms with Gasteiger partial charge in [0.1, 0.15) is 31.2 Å². The molecule has 1 N–H and O–H groups in total. The van der Waals surface area contributed by atoms with E-state index in [2.05, 4.69) is 10.1 Å². The van der Waals surface area contributed by atoms with Gasteiger partial charge in [-0.3, -0.25) is 9.59 Å². The first kappa shape index (κ1) is 23.1. The minimum absolute atomic E-state index is 0.249. The van der Waals surface area contributed by atoms with Gasteiger partial charge in [-0.25, -0.2) is 9.50 Å². The fourth-order valence-electron chi connectivity index (χ4n) is 4.83. The van der Waals surface area contributed by atoms with Crippen LogP contribution in [0.1, 0.15) is 56.8 Å². The van der Waals surface area contributed by atoms with Crippen molar-refractivity contribution in [1.29, 1.82) is 5.26 Å². The molecule has 0 spiro atoms. The SMILES string of the molecule is CC(=O)O[C@H]1[C@@H](O)[C@](C#N)(c2ccc3c(C)ncnn23)O[C@@H]1COC(=O)CC1CCCCC1. The largest absolute Gasteiger partial charge is 0.463 e. The number of nitrogens with zero attached hydrogens (tertiary/aromatic N) is 4. The molecule has 1 saturated heterocycles. The Hall–Kier alpha value is -3.03. The van der Waals surface area contributed by atoms with Crippen LogP contribution in [0.2, 0.25) is 0 Å². The van der Waals surface area contributed by atoms with Gasteiger partial charge in [-0.2, -0.15) is 10.4 Å². The molecule has 10 heteroatoms. The maximum absolute atomic E-state index is 12.4. The Bertz CT molecular complexity index is 1070. The van der Waals surface area contributed by atoms with Gasteiger partial charge in [-0.15, -0.1) is 0 Å². The van der Waals surface area contributed by atoms with E-state index in [0.29, 0.717) is 23.5 Å². The average molecular weight is 456 g/mol. The Kier molecular flexibility index (Phi) is 6.63. The van der Waals surface area contributed by atoms with Crippen molar-refractivity contribution < 1.29 is 28.9 Å². The van der Waals surface area contributed by atoms with Crippen LogP contribution in [0.5, 0.6) is 0 Å². The molecule has 2 aromatic heterocycles. The standard InChI is InChI=1S/C23H28N4O6/c1-14-17-8-9-19(27(17)26-13-25-14)23(12-24)22(30)21(32-15(2)28)18(33-23)11-31-20(29)10-16-6-4-3-5-7-16/h8-9,13,16,18,21-22,30H,3-7,10-11H2,1-2H3/t18-,21-,22-,23+/m1/s1. The van der Waals surface area contributed by atoms with Gasteiger partial charge < -0.3 is 19.3 Å². The second kappa shape index (κ2) is 9.45. The van der Waals surface area contributed by atoms with Crippen molar-refractivity contribution in [2.75, 3.05) is 6.61 Å². The maximum Gasteiger partial charge on any atom is 0.306 e. The lowest BCUT2D eigenvalue weighted by Gasteiger charge is -2.24. The highest BCUT2D eigenvalue weighted by Gasteiger charge is 2.59. The zero-order valence-corrected chi connectivity index (χ0v) is 18.8. The highest BCUT2D eigenvalue weighted by atomic mass is 16.6. The summed E-state index contributed by atoms with van der Waals surface area (Å²) >= 11 is 0. The number of carbonyl (C=O) groups is 2. The van der Waals surface area contributed by atoms with Crippen molar-refractivity contribution in [3.63, 3.8) is 0 Å². The summed E-state index contributed by atoms with van der Waals surface area (Å²) in [6, 6.07) is 5.38. The number of nitriles is 1. The monoisotopic (exact) mass is 456 g/mol. The molecule has 33 heavy (non-hydrogen) atoms. The van der Waals surface area contributed by atoms with Crippen LogP contribution in [0.15, 0.2) is 18.5 Å². The third-order valence-corrected chi connectivity index (χ3v) is 6.51. The molecule has 4 atom stereocenters. The number of aromatic nitrogens is 3. The molecule has 4 rings (SSSR count). The Labute approximate surface area is 191 Å². The summed E-state index contributed by atoms with van der Waals surface area (Å²) < 4.78 is 18.2. The Balaban J connectivity index is 1.56. The quantitative estimate of drug-likeness (QED) is 0.647. The van der Waals surface area contributed by atoms with Gasteiger partial charge in [-0.05, 0) is 37.8 Å². The van der Waals surface area contributed by atoms with Crippen LogP contribution in [0.25, 0.3) is 5.52 Å². The van der Waals surface area contributed by atoms with Crippen LogP contribution in [0, 0.1) is 24.2 Å². The van der Waals surface area contributed by atoms with E-state index in [1.165, 1.54) is 24.2 Å². The van der Waals surface area contributed by atoms with Gasteiger partial charge in [-0.1, -0.05) is 19.3 Å². The maximum atomic E-state index is 12.4. The van der Waals surface area contributed by atoms with E-state index in [1.54, 1.807) is 19.1 Å². The summed E-state index contributed by atoms with van der Waals surface area (Å²) in [6.45, 7) is 2.75. The minimum Gasteiger partial charge on any atom is -0.463 e. The number of aryl methyl sites for hydroxylation is 1. The summed E-state index contributed by atoms with van der Waals surface area (Å²) in [6.07, 6.45) is 3.34. The lowest BCUT2D eigenvalue weighted by molar-refractivity contribution is -0.158. The van der Waals surface area contributed by atoms with E-state index in [0.717, 1.165) is 25.7 Å². The van der Waals surface area contributed by atoms with Crippen LogP contribution in [-0.2, 0) is 29.4 Å². The predicted octanol–water partition coefficient (Wildman–Crippen LogP) is 1.96. The molecule has 0 bridgehead atoms. The molecule has 0 amide bonds. The minimum atomic E-state index is -1.88. The van der Waals surface area contributed by atoms with Crippen LogP contribution >= 0.6 is 0 Å². The third kappa shape index (κ3) is 4.43. The Morgan fingerprint density at radius 1 is 1.33 bits per heavy atom. The predicted molar refractivity (Wildman–Crippen MR) is 114 cm³/mol. The molecule has 0 aromatic carbocycles. The van der Waals surface area contributed by atoms with Gasteiger partial charge in [0.15, 0.2) is 6.10 Å². The molecule has 0 unspecified atom stereocenters. The first-order valence-electron chi connectivity index (χ1n) is 11.3. The van der Waals surface area contributed by atoms with Crippen molar-refractivity contribution in [2.24, 2.45) is 5.92 Å². The van der Waals surface area contributed by atoms with Crippen molar-refractivity contribution in [2.45, 2.75) is 76.3 Å². The molecule has 2 aromatic rings. The van der Waals surface area contributed by atoms with E-state index >= 15 is 0 Å². The number of carbonyl (C=O) groups excluding carboxylic acids is 2. The third-order valence-electron chi connectivity index (χ3n) is 6.51. The second-order valence-electron chi connectivity index (χ2n) is 8.77. The van der Waals surface area contributed by atoms with Gasteiger partial charge >= 0.3 is 11.9 Å². The molecule has 10 nitrogen and oxygen atoms in total. The summed E-state index contributed by atoms with van der Waals surface area (Å²) in [7, 11) is 0. The van der Waals surface area contributed by atoms with Gasteiger partial charge in [0.05, 0.1) is 16.9 Å². The number of fused-ring (bicyclic) bond motifs is 1. The number of aliphatic hydroxyl groups is 1. The zero-order valence-electron chi connectivity index (χ0n) is 18.8. The van der Waals surface area contributed by atoms with E-state index in [-0.39, 0.29) is 18.3 Å². The van der Waals surface area contributed by atoms with Gasteiger partial charge in [0.2, 0.25) is 5.60 Å². The Morgan fingerprint density at radius 3 is 2.79 bits per heavy atom. The highest BCUT2D eigenvalue weighted by Crippen LogP contribution is 2.41. The lowest BCUT2D eigenvalue weighted by Crippen LogP contribution is -2.43. The molecule has 1 aliphatic carbocycles. The number of hydrogen-bond donors (Lipinski definition) is 1. The van der Waals surface area contributed by atoms with Gasteiger partial charge in [0, 0.05) is 13.3 Å². The molecule has 3 heterocycles. The number of hydrogen-bond acceptors (Lipinski definition) is 9. The number of ether oxygens (including phenoxy) is 3. The van der Waals surface area contributed by atoms with E-state index < -0.39 is 29.9 Å². The van der Waals surface area contributed by atoms with Crippen molar-refractivity contribution >= 4 is 17.5 Å². The van der Waals surface area contributed by atoms with Crippen LogP contribution in [0.4, 0.5) is 0 Å². The average Bonchev–Trinajstić information content (AvgIpc) is 3.34. The Morgan fingerprint density at radius 2 is 2.09 bits per heavy atom. The number of rotatable bonds is 6. The molecule has 1 aliphatic heterocycles. The molecule has 1 saturated carbocycles. The van der Waals surface area contributed by atoms with Crippen molar-refractivity contribution in [1.82, 2.24) is 14.6 Å². The zero-order chi connectivity index (χ0) is 23.6. The van der Waals surface area contributed by atoms with Crippen molar-refractivity contribution in [3.8, 4) is 6.07 Å². The smallest absolute Gasteiger partial charge is 0.306 e. The first-order chi connectivity index (χ1) is 15.9. The van der Waals surface area contributed by atoms with E-state index in [1.807, 2.05) is 6.07 Å². The molecule has 176 valence electrons.